The van der Waals surface area contributed by atoms with E-state index in [0.29, 0.717) is 11.3 Å². The molecule has 0 unspecified atom stereocenters. The third-order valence-corrected chi connectivity index (χ3v) is 4.11. The Morgan fingerprint density at radius 3 is 2.74 bits per heavy atom. The zero-order valence-electron chi connectivity index (χ0n) is 12.8. The molecule has 0 aliphatic heterocycles. The van der Waals surface area contributed by atoms with Crippen LogP contribution in [0.3, 0.4) is 0 Å². The number of aryl methyl sites for hydroxylation is 1. The smallest absolute Gasteiger partial charge is 0.335 e. The first-order valence-electron chi connectivity index (χ1n) is 7.51. The van der Waals surface area contributed by atoms with E-state index < -0.39 is 5.97 Å². The minimum absolute atomic E-state index is 0.208. The molecular weight excluding hydrogens is 295 g/mol. The number of carboxylic acids is 1. The zero-order chi connectivity index (χ0) is 16.4. The number of carbonyl (C=O) groups is 1. The predicted molar refractivity (Wildman–Crippen MR) is 86.4 cm³/mol. The topological polar surface area (TPSA) is 46.5 Å². The highest BCUT2D eigenvalue weighted by atomic mass is 19.1. The lowest BCUT2D eigenvalue weighted by molar-refractivity contribution is 0.0697. The summed E-state index contributed by atoms with van der Waals surface area (Å²) >= 11 is 0. The van der Waals surface area contributed by atoms with E-state index in [1.807, 2.05) is 12.1 Å². The van der Waals surface area contributed by atoms with E-state index in [4.69, 9.17) is 4.74 Å². The van der Waals surface area contributed by atoms with E-state index in [2.05, 4.69) is 0 Å². The number of hydrogen-bond donors (Lipinski definition) is 1. The number of methoxy groups -OCH3 is 1. The highest BCUT2D eigenvalue weighted by Gasteiger charge is 2.18. The molecular formula is C19H17FO3. The molecule has 0 spiro atoms. The predicted octanol–water partition coefficient (Wildman–Crippen LogP) is 4.30. The van der Waals surface area contributed by atoms with Gasteiger partial charge in [0.2, 0.25) is 0 Å². The second kappa shape index (κ2) is 6.24. The molecule has 0 saturated heterocycles. The van der Waals surface area contributed by atoms with Crippen molar-refractivity contribution in [1.29, 1.82) is 0 Å². The number of ether oxygens (including phenoxy) is 1. The zero-order valence-corrected chi connectivity index (χ0v) is 12.8. The van der Waals surface area contributed by atoms with Gasteiger partial charge in [-0.15, -0.1) is 0 Å². The van der Waals surface area contributed by atoms with Gasteiger partial charge in [-0.2, -0.15) is 0 Å². The van der Waals surface area contributed by atoms with Gasteiger partial charge in [0.15, 0.2) is 0 Å². The van der Waals surface area contributed by atoms with Crippen LogP contribution >= 0.6 is 0 Å². The number of carboxylic acid groups (broad SMARTS) is 1. The highest BCUT2D eigenvalue weighted by Crippen LogP contribution is 2.34. The lowest BCUT2D eigenvalue weighted by Crippen LogP contribution is -2.02. The number of halogens is 1. The van der Waals surface area contributed by atoms with Gasteiger partial charge in [0, 0.05) is 5.56 Å². The van der Waals surface area contributed by atoms with E-state index >= 15 is 0 Å². The molecule has 0 amide bonds. The molecule has 1 aliphatic rings. The Morgan fingerprint density at radius 2 is 2.00 bits per heavy atom. The summed E-state index contributed by atoms with van der Waals surface area (Å²) in [5.74, 6) is -0.754. The molecule has 4 heteroatoms. The van der Waals surface area contributed by atoms with Crippen LogP contribution in [0.5, 0.6) is 5.75 Å². The highest BCUT2D eigenvalue weighted by molar-refractivity contribution is 5.91. The summed E-state index contributed by atoms with van der Waals surface area (Å²) in [7, 11) is 1.54. The quantitative estimate of drug-likeness (QED) is 0.919. The third kappa shape index (κ3) is 2.97. The lowest BCUT2D eigenvalue weighted by Gasteiger charge is -2.14. The van der Waals surface area contributed by atoms with Crippen LogP contribution in [-0.2, 0) is 6.42 Å². The Balaban J connectivity index is 2.19. The molecule has 2 aromatic rings. The minimum atomic E-state index is -0.984. The van der Waals surface area contributed by atoms with Gasteiger partial charge in [0.05, 0.1) is 12.7 Å². The summed E-state index contributed by atoms with van der Waals surface area (Å²) in [6, 6.07) is 9.67. The Hall–Kier alpha value is -2.62. The first-order chi connectivity index (χ1) is 11.1. The number of aromatic carboxylic acids is 1. The maximum Gasteiger partial charge on any atom is 0.335 e. The third-order valence-electron chi connectivity index (χ3n) is 4.11. The molecule has 2 aromatic carbocycles. The monoisotopic (exact) mass is 312 g/mol. The molecule has 118 valence electrons. The standard InChI is InChI=1S/C19H17FO3/c1-23-14-8-9-18(20)17(11-14)15-5-3-2-4-12-6-7-13(19(21)22)10-16(12)15/h5-11H,2-4H2,1H3,(H,21,22). The second-order valence-corrected chi connectivity index (χ2v) is 5.53. The van der Waals surface area contributed by atoms with Crippen molar-refractivity contribution in [3.05, 3.63) is 70.5 Å². The van der Waals surface area contributed by atoms with Crippen molar-refractivity contribution in [2.75, 3.05) is 7.11 Å². The summed E-state index contributed by atoms with van der Waals surface area (Å²) in [5.41, 5.74) is 3.21. The number of allylic oxidation sites excluding steroid dienone is 1. The molecule has 0 atom stereocenters. The van der Waals surface area contributed by atoms with Crippen LogP contribution < -0.4 is 4.74 Å². The Kier molecular flexibility index (Phi) is 4.15. The van der Waals surface area contributed by atoms with Crippen LogP contribution in [-0.4, -0.2) is 18.2 Å². The Labute approximate surface area is 134 Å². The minimum Gasteiger partial charge on any atom is -0.497 e. The maximum absolute atomic E-state index is 14.4. The van der Waals surface area contributed by atoms with Crippen molar-refractivity contribution in [1.82, 2.24) is 0 Å². The van der Waals surface area contributed by atoms with Gasteiger partial charge in [-0.25, -0.2) is 9.18 Å². The summed E-state index contributed by atoms with van der Waals surface area (Å²) < 4.78 is 19.6. The first-order valence-corrected chi connectivity index (χ1v) is 7.51. The van der Waals surface area contributed by atoms with E-state index in [1.165, 1.54) is 13.2 Å². The van der Waals surface area contributed by atoms with Crippen molar-refractivity contribution >= 4 is 11.5 Å². The van der Waals surface area contributed by atoms with Crippen molar-refractivity contribution in [3.8, 4) is 5.75 Å². The van der Waals surface area contributed by atoms with Gasteiger partial charge in [-0.1, -0.05) is 12.1 Å². The van der Waals surface area contributed by atoms with Gasteiger partial charge < -0.3 is 9.84 Å². The van der Waals surface area contributed by atoms with Crippen molar-refractivity contribution in [3.63, 3.8) is 0 Å². The van der Waals surface area contributed by atoms with Crippen molar-refractivity contribution < 1.29 is 19.0 Å². The summed E-state index contributed by atoms with van der Waals surface area (Å²) in [5, 5.41) is 9.24. The SMILES string of the molecule is COc1ccc(F)c(C2=CCCCc3ccc(C(=O)O)cc32)c1. The number of fused-ring (bicyclic) bond motifs is 1. The second-order valence-electron chi connectivity index (χ2n) is 5.53. The van der Waals surface area contributed by atoms with Crippen molar-refractivity contribution in [2.45, 2.75) is 19.3 Å². The summed E-state index contributed by atoms with van der Waals surface area (Å²) in [6.07, 6.45) is 4.60. The molecule has 0 aromatic heterocycles. The van der Waals surface area contributed by atoms with Crippen LogP contribution in [0.2, 0.25) is 0 Å². The van der Waals surface area contributed by atoms with Crippen LogP contribution in [0, 0.1) is 5.82 Å². The summed E-state index contributed by atoms with van der Waals surface area (Å²) in [4.78, 5) is 11.3. The van der Waals surface area contributed by atoms with Crippen molar-refractivity contribution in [2.24, 2.45) is 0 Å². The molecule has 23 heavy (non-hydrogen) atoms. The van der Waals surface area contributed by atoms with Gasteiger partial charge in [-0.3, -0.25) is 0 Å². The Morgan fingerprint density at radius 1 is 1.17 bits per heavy atom. The molecule has 1 N–H and O–H groups in total. The molecule has 0 bridgehead atoms. The average molecular weight is 312 g/mol. The fourth-order valence-corrected chi connectivity index (χ4v) is 2.92. The van der Waals surface area contributed by atoms with E-state index in [1.54, 1.807) is 24.3 Å². The Bertz CT molecular complexity index is 793. The van der Waals surface area contributed by atoms with Gasteiger partial charge >= 0.3 is 5.97 Å². The lowest BCUT2D eigenvalue weighted by atomic mass is 9.92. The van der Waals surface area contributed by atoms with Gasteiger partial charge in [-0.05, 0) is 66.3 Å². The largest absolute Gasteiger partial charge is 0.497 e. The van der Waals surface area contributed by atoms with E-state index in [-0.39, 0.29) is 11.4 Å². The maximum atomic E-state index is 14.4. The van der Waals surface area contributed by atoms with Crippen LogP contribution in [0.15, 0.2) is 42.5 Å². The van der Waals surface area contributed by atoms with Gasteiger partial charge in [0.25, 0.3) is 0 Å². The molecule has 0 heterocycles. The molecule has 0 saturated carbocycles. The summed E-state index contributed by atoms with van der Waals surface area (Å²) in [6.45, 7) is 0. The van der Waals surface area contributed by atoms with Crippen LogP contribution in [0.25, 0.3) is 5.57 Å². The van der Waals surface area contributed by atoms with Gasteiger partial charge in [0.1, 0.15) is 11.6 Å². The molecule has 3 rings (SSSR count). The molecule has 0 radical (unpaired) electrons. The fourth-order valence-electron chi connectivity index (χ4n) is 2.92. The molecule has 3 nitrogen and oxygen atoms in total. The van der Waals surface area contributed by atoms with Crippen LogP contribution in [0.4, 0.5) is 4.39 Å². The van der Waals surface area contributed by atoms with E-state index in [9.17, 15) is 14.3 Å². The number of hydrogen-bond acceptors (Lipinski definition) is 2. The van der Waals surface area contributed by atoms with Crippen LogP contribution in [0.1, 0.15) is 39.9 Å². The molecule has 1 aliphatic carbocycles. The number of benzene rings is 2. The molecule has 0 fully saturated rings. The van der Waals surface area contributed by atoms with E-state index in [0.717, 1.165) is 36.0 Å². The first kappa shape index (κ1) is 15.3. The fraction of sp³-hybridized carbons (Fsp3) is 0.211. The normalized spacial score (nSPS) is 13.7. The average Bonchev–Trinajstić information content (AvgIpc) is 2.77. The number of rotatable bonds is 3.